The maximum Gasteiger partial charge on any atom is 0.119 e. The second-order valence-electron chi connectivity index (χ2n) is 3.49. The van der Waals surface area contributed by atoms with Gasteiger partial charge in [0.25, 0.3) is 0 Å². The molecule has 70 valence electrons. The molecule has 0 amide bonds. The molecule has 0 N–H and O–H groups in total. The van der Waals surface area contributed by atoms with E-state index < -0.39 is 0 Å². The molecule has 0 atom stereocenters. The van der Waals surface area contributed by atoms with Crippen LogP contribution in [0.15, 0.2) is 4.99 Å². The van der Waals surface area contributed by atoms with Crippen LogP contribution >= 0.6 is 11.3 Å². The zero-order valence-electron chi connectivity index (χ0n) is 8.29. The van der Waals surface area contributed by atoms with E-state index in [4.69, 9.17) is 0 Å². The Labute approximate surface area is 82.9 Å². The Hall–Kier alpha value is -0.670. The summed E-state index contributed by atoms with van der Waals surface area (Å²) in [5.41, 5.74) is 2.88. The van der Waals surface area contributed by atoms with Gasteiger partial charge in [-0.25, -0.2) is 0 Å². The fraction of sp³-hybridized carbons (Fsp3) is 0.500. The van der Waals surface area contributed by atoms with E-state index in [2.05, 4.69) is 23.9 Å². The molecule has 1 aromatic heterocycles. The van der Waals surface area contributed by atoms with Gasteiger partial charge < -0.3 is 0 Å². The zero-order chi connectivity index (χ0) is 9.42. The molecule has 3 heteroatoms. The molecule has 0 spiro atoms. The van der Waals surface area contributed by atoms with E-state index in [1.54, 1.807) is 0 Å². The maximum absolute atomic E-state index is 4.37. The first-order valence-corrected chi connectivity index (χ1v) is 5.32. The van der Waals surface area contributed by atoms with Crippen molar-refractivity contribution in [3.8, 4) is 0 Å². The second-order valence-corrected chi connectivity index (χ2v) is 4.58. The van der Waals surface area contributed by atoms with Crippen molar-refractivity contribution < 1.29 is 0 Å². The lowest BCUT2D eigenvalue weighted by Gasteiger charge is -2.05. The Balaban J connectivity index is 2.41. The molecule has 2 nitrogen and oxygen atoms in total. The number of hydrogen-bond acceptors (Lipinski definition) is 3. The maximum atomic E-state index is 4.37. The molecule has 0 aromatic carbocycles. The molecule has 0 aliphatic carbocycles. The molecule has 0 radical (unpaired) electrons. The predicted molar refractivity (Wildman–Crippen MR) is 58.1 cm³/mol. The van der Waals surface area contributed by atoms with Gasteiger partial charge >= 0.3 is 0 Å². The van der Waals surface area contributed by atoms with Crippen LogP contribution in [0.25, 0.3) is 0 Å². The van der Waals surface area contributed by atoms with E-state index in [1.807, 2.05) is 24.5 Å². The molecule has 0 bridgehead atoms. The van der Waals surface area contributed by atoms with Crippen LogP contribution in [0.1, 0.15) is 22.9 Å². The first kappa shape index (κ1) is 8.91. The summed E-state index contributed by atoms with van der Waals surface area (Å²) in [7, 11) is 2.16. The van der Waals surface area contributed by atoms with Gasteiger partial charge in [0.15, 0.2) is 0 Å². The summed E-state index contributed by atoms with van der Waals surface area (Å²) in [5.74, 6) is 0. The number of nitrogens with zero attached hydrogens (tertiary/aromatic N) is 2. The van der Waals surface area contributed by atoms with Crippen LogP contribution in [-0.4, -0.2) is 18.2 Å². The van der Waals surface area contributed by atoms with Crippen molar-refractivity contribution in [1.82, 2.24) is 4.90 Å². The van der Waals surface area contributed by atoms with E-state index >= 15 is 0 Å². The molecule has 1 aliphatic rings. The first-order valence-electron chi connectivity index (χ1n) is 4.50. The SMILES string of the molecule is CC=Nc1sc2c(c1C)CN(C)C2. The van der Waals surface area contributed by atoms with E-state index in [0.29, 0.717) is 0 Å². The summed E-state index contributed by atoms with van der Waals surface area (Å²) in [5, 5.41) is 1.20. The third-order valence-electron chi connectivity index (χ3n) is 2.42. The lowest BCUT2D eigenvalue weighted by atomic mass is 10.2. The van der Waals surface area contributed by atoms with Gasteiger partial charge in [0.2, 0.25) is 0 Å². The largest absolute Gasteiger partial charge is 0.297 e. The van der Waals surface area contributed by atoms with Crippen LogP contribution in [0.5, 0.6) is 0 Å². The molecule has 0 unspecified atom stereocenters. The quantitative estimate of drug-likeness (QED) is 0.628. The summed E-state index contributed by atoms with van der Waals surface area (Å²) >= 11 is 1.84. The van der Waals surface area contributed by atoms with Crippen LogP contribution in [0.2, 0.25) is 0 Å². The molecule has 0 saturated heterocycles. The van der Waals surface area contributed by atoms with E-state index in [0.717, 1.165) is 13.1 Å². The molecule has 1 aliphatic heterocycles. The van der Waals surface area contributed by atoms with Crippen LogP contribution in [0.4, 0.5) is 5.00 Å². The topological polar surface area (TPSA) is 15.6 Å². The minimum atomic E-state index is 1.09. The van der Waals surface area contributed by atoms with Crippen molar-refractivity contribution in [2.45, 2.75) is 26.9 Å². The van der Waals surface area contributed by atoms with Gasteiger partial charge in [-0.3, -0.25) is 9.89 Å². The van der Waals surface area contributed by atoms with E-state index in [1.165, 1.54) is 21.0 Å². The van der Waals surface area contributed by atoms with Crippen LogP contribution in [0.3, 0.4) is 0 Å². The minimum absolute atomic E-state index is 1.09. The Bertz CT molecular complexity index is 352. The molecule has 13 heavy (non-hydrogen) atoms. The highest BCUT2D eigenvalue weighted by molar-refractivity contribution is 7.16. The van der Waals surface area contributed by atoms with Gasteiger partial charge in [-0.1, -0.05) is 0 Å². The number of fused-ring (bicyclic) bond motifs is 1. The number of thiophene rings is 1. The fourth-order valence-corrected chi connectivity index (χ4v) is 3.03. The summed E-state index contributed by atoms with van der Waals surface area (Å²) in [4.78, 5) is 8.21. The van der Waals surface area contributed by atoms with E-state index in [-0.39, 0.29) is 0 Å². The van der Waals surface area contributed by atoms with Crippen molar-refractivity contribution in [3.05, 3.63) is 16.0 Å². The zero-order valence-corrected chi connectivity index (χ0v) is 9.11. The number of aliphatic imine (C=N–C) groups is 1. The van der Waals surface area contributed by atoms with Crippen molar-refractivity contribution in [2.75, 3.05) is 7.05 Å². The summed E-state index contributed by atoms with van der Waals surface area (Å²) in [6, 6.07) is 0. The van der Waals surface area contributed by atoms with Gasteiger partial charge in [-0.15, -0.1) is 11.3 Å². The van der Waals surface area contributed by atoms with Crippen molar-refractivity contribution in [1.29, 1.82) is 0 Å². The average Bonchev–Trinajstić information content (AvgIpc) is 2.54. The molecular formula is C10H14N2S. The second kappa shape index (κ2) is 3.24. The minimum Gasteiger partial charge on any atom is -0.297 e. The molecule has 0 fully saturated rings. The summed E-state index contributed by atoms with van der Waals surface area (Å²) in [6.07, 6.45) is 1.87. The normalized spacial score (nSPS) is 17.2. The first-order chi connectivity index (χ1) is 6.22. The number of hydrogen-bond donors (Lipinski definition) is 0. The Kier molecular flexibility index (Phi) is 2.22. The predicted octanol–water partition coefficient (Wildman–Crippen LogP) is 2.72. The van der Waals surface area contributed by atoms with E-state index in [9.17, 15) is 0 Å². The fourth-order valence-electron chi connectivity index (χ4n) is 1.74. The lowest BCUT2D eigenvalue weighted by Crippen LogP contribution is -2.08. The highest BCUT2D eigenvalue weighted by Gasteiger charge is 2.22. The summed E-state index contributed by atoms with van der Waals surface area (Å²) < 4.78 is 0. The smallest absolute Gasteiger partial charge is 0.119 e. The number of rotatable bonds is 1. The Morgan fingerprint density at radius 2 is 2.23 bits per heavy atom. The van der Waals surface area contributed by atoms with Gasteiger partial charge in [0.05, 0.1) is 0 Å². The Morgan fingerprint density at radius 1 is 1.46 bits per heavy atom. The molecule has 0 saturated carbocycles. The van der Waals surface area contributed by atoms with Crippen molar-refractivity contribution in [2.24, 2.45) is 4.99 Å². The Morgan fingerprint density at radius 3 is 2.85 bits per heavy atom. The van der Waals surface area contributed by atoms with Gasteiger partial charge in [0.1, 0.15) is 5.00 Å². The summed E-state index contributed by atoms with van der Waals surface area (Å²) in [6.45, 7) is 6.34. The molecular weight excluding hydrogens is 180 g/mol. The third kappa shape index (κ3) is 1.42. The lowest BCUT2D eigenvalue weighted by molar-refractivity contribution is 0.354. The van der Waals surface area contributed by atoms with Gasteiger partial charge in [0, 0.05) is 24.2 Å². The van der Waals surface area contributed by atoms with Crippen molar-refractivity contribution in [3.63, 3.8) is 0 Å². The average molecular weight is 194 g/mol. The highest BCUT2D eigenvalue weighted by atomic mass is 32.1. The van der Waals surface area contributed by atoms with Crippen LogP contribution in [0, 0.1) is 6.92 Å². The molecule has 1 aromatic rings. The van der Waals surface area contributed by atoms with Gasteiger partial charge in [-0.2, -0.15) is 0 Å². The molecule has 2 heterocycles. The monoisotopic (exact) mass is 194 g/mol. The van der Waals surface area contributed by atoms with Gasteiger partial charge in [-0.05, 0) is 32.0 Å². The van der Waals surface area contributed by atoms with Crippen LogP contribution < -0.4 is 0 Å². The third-order valence-corrected chi connectivity index (χ3v) is 3.64. The highest BCUT2D eigenvalue weighted by Crippen LogP contribution is 2.39. The standard InChI is InChI=1S/C10H14N2S/c1-4-11-10-7(2)8-5-12(3)6-9(8)13-10/h4H,5-6H2,1-3H3. The van der Waals surface area contributed by atoms with Crippen LogP contribution in [-0.2, 0) is 13.1 Å². The molecule has 2 rings (SSSR count). The van der Waals surface area contributed by atoms with Crippen molar-refractivity contribution >= 4 is 22.6 Å².